The highest BCUT2D eigenvalue weighted by Gasteiger charge is 2.15. The predicted molar refractivity (Wildman–Crippen MR) is 67.8 cm³/mol. The quantitative estimate of drug-likeness (QED) is 0.761. The van der Waals surface area contributed by atoms with E-state index in [2.05, 4.69) is 20.6 Å². The molecule has 0 atom stereocenters. The summed E-state index contributed by atoms with van der Waals surface area (Å²) in [5.74, 6) is 0.427. The van der Waals surface area contributed by atoms with Crippen LogP contribution in [0.5, 0.6) is 0 Å². The minimum atomic E-state index is -0.240. The number of carbonyl (C=O) groups excluding carboxylic acids is 1. The highest BCUT2D eigenvalue weighted by Crippen LogP contribution is 2.15. The average molecular weight is 259 g/mol. The normalized spacial score (nSPS) is 10.7. The number of aryl methyl sites for hydroxylation is 1. The van der Waals surface area contributed by atoms with Crippen LogP contribution in [0.2, 0.25) is 0 Å². The van der Waals surface area contributed by atoms with Crippen molar-refractivity contribution in [2.75, 3.05) is 5.32 Å². The van der Waals surface area contributed by atoms with Crippen molar-refractivity contribution < 1.29 is 4.79 Å². The Morgan fingerprint density at radius 3 is 2.78 bits per heavy atom. The molecule has 7 heteroatoms. The van der Waals surface area contributed by atoms with Crippen LogP contribution in [-0.2, 0) is 0 Å². The van der Waals surface area contributed by atoms with Crippen molar-refractivity contribution in [3.05, 3.63) is 41.2 Å². The van der Waals surface area contributed by atoms with Gasteiger partial charge in [0, 0.05) is 5.69 Å². The topological polar surface area (TPSA) is 72.2 Å². The maximum absolute atomic E-state index is 12.0. The molecule has 3 aromatic rings. The van der Waals surface area contributed by atoms with E-state index in [-0.39, 0.29) is 5.91 Å². The molecule has 0 spiro atoms. The molecule has 90 valence electrons. The molecule has 0 bridgehead atoms. The first-order valence-corrected chi connectivity index (χ1v) is 6.11. The maximum atomic E-state index is 12.0. The summed E-state index contributed by atoms with van der Waals surface area (Å²) in [7, 11) is 0. The van der Waals surface area contributed by atoms with Crippen LogP contribution in [0, 0.1) is 6.92 Å². The number of fused-ring (bicyclic) bond motifs is 1. The van der Waals surface area contributed by atoms with Crippen molar-refractivity contribution in [1.82, 2.24) is 19.8 Å². The average Bonchev–Trinajstić information content (AvgIpc) is 2.93. The van der Waals surface area contributed by atoms with Gasteiger partial charge in [-0.2, -0.15) is 4.52 Å². The fourth-order valence-electron chi connectivity index (χ4n) is 1.51. The van der Waals surface area contributed by atoms with Gasteiger partial charge in [-0.1, -0.05) is 29.5 Å². The molecule has 0 radical (unpaired) electrons. The minimum Gasteiger partial charge on any atom is -0.320 e. The van der Waals surface area contributed by atoms with E-state index in [1.807, 2.05) is 30.3 Å². The van der Waals surface area contributed by atoms with Crippen LogP contribution in [0.3, 0.4) is 0 Å². The highest BCUT2D eigenvalue weighted by atomic mass is 32.1. The van der Waals surface area contributed by atoms with Gasteiger partial charge in [0.1, 0.15) is 0 Å². The second-order valence-corrected chi connectivity index (χ2v) is 4.62. The van der Waals surface area contributed by atoms with E-state index < -0.39 is 0 Å². The van der Waals surface area contributed by atoms with Crippen LogP contribution < -0.4 is 5.32 Å². The molecular formula is C11H9N5OS. The van der Waals surface area contributed by atoms with Crippen molar-refractivity contribution in [2.45, 2.75) is 6.92 Å². The smallest absolute Gasteiger partial charge is 0.286 e. The van der Waals surface area contributed by atoms with Gasteiger partial charge in [-0.3, -0.25) is 4.79 Å². The molecule has 0 unspecified atom stereocenters. The Balaban J connectivity index is 1.88. The van der Waals surface area contributed by atoms with Gasteiger partial charge in [0.15, 0.2) is 5.82 Å². The lowest BCUT2D eigenvalue weighted by Crippen LogP contribution is -2.12. The number of anilines is 1. The number of para-hydroxylation sites is 1. The molecule has 2 heterocycles. The Morgan fingerprint density at radius 2 is 2.06 bits per heavy atom. The Bertz CT molecular complexity index is 703. The molecule has 0 fully saturated rings. The molecule has 0 saturated heterocycles. The number of aromatic nitrogens is 4. The van der Waals surface area contributed by atoms with E-state index in [1.54, 1.807) is 11.4 Å². The third-order valence-corrected chi connectivity index (χ3v) is 3.27. The number of hydrogen-bond acceptors (Lipinski definition) is 5. The molecule has 3 rings (SSSR count). The Hall–Kier alpha value is -2.28. The maximum Gasteiger partial charge on any atom is 0.286 e. The lowest BCUT2D eigenvalue weighted by Gasteiger charge is -2.00. The van der Waals surface area contributed by atoms with Gasteiger partial charge in [-0.25, -0.2) is 0 Å². The molecule has 0 aliphatic rings. The van der Waals surface area contributed by atoms with Gasteiger partial charge in [0.25, 0.3) is 5.91 Å². The second kappa shape index (κ2) is 4.19. The van der Waals surface area contributed by atoms with E-state index >= 15 is 0 Å². The Labute approximate surface area is 106 Å². The molecule has 1 N–H and O–H groups in total. The van der Waals surface area contributed by atoms with Gasteiger partial charge >= 0.3 is 0 Å². The van der Waals surface area contributed by atoms with Gasteiger partial charge in [-0.15, -0.1) is 15.3 Å². The number of nitrogens with zero attached hydrogens (tertiary/aromatic N) is 4. The third kappa shape index (κ3) is 1.84. The second-order valence-electron chi connectivity index (χ2n) is 3.67. The molecule has 1 aromatic carbocycles. The fourth-order valence-corrected chi connectivity index (χ4v) is 2.29. The number of hydrogen-bond donors (Lipinski definition) is 1. The van der Waals surface area contributed by atoms with Crippen LogP contribution in [0.25, 0.3) is 4.96 Å². The summed E-state index contributed by atoms with van der Waals surface area (Å²) in [6.45, 7) is 1.79. The number of benzene rings is 1. The monoisotopic (exact) mass is 259 g/mol. The highest BCUT2D eigenvalue weighted by molar-refractivity contribution is 7.18. The standard InChI is InChI=1S/C11H9N5OS/c1-7-13-14-11-16(7)15-10(18-11)9(17)12-8-5-3-2-4-6-8/h2-6H,1H3,(H,12,17). The van der Waals surface area contributed by atoms with Gasteiger partial charge in [-0.05, 0) is 19.1 Å². The molecular weight excluding hydrogens is 250 g/mol. The van der Waals surface area contributed by atoms with Crippen molar-refractivity contribution >= 4 is 27.9 Å². The van der Waals surface area contributed by atoms with Gasteiger partial charge < -0.3 is 5.32 Å². The SMILES string of the molecule is Cc1nnc2sc(C(=O)Nc3ccccc3)nn12. The molecule has 1 amide bonds. The van der Waals surface area contributed by atoms with Crippen LogP contribution >= 0.6 is 11.3 Å². The third-order valence-electron chi connectivity index (χ3n) is 2.37. The van der Waals surface area contributed by atoms with E-state index in [1.165, 1.54) is 11.3 Å². The molecule has 2 aromatic heterocycles. The summed E-state index contributed by atoms with van der Waals surface area (Å²) >= 11 is 1.21. The zero-order chi connectivity index (χ0) is 12.5. The first-order valence-electron chi connectivity index (χ1n) is 5.29. The fraction of sp³-hybridized carbons (Fsp3) is 0.0909. The van der Waals surface area contributed by atoms with E-state index in [0.29, 0.717) is 15.8 Å². The van der Waals surface area contributed by atoms with Crippen molar-refractivity contribution in [1.29, 1.82) is 0 Å². The van der Waals surface area contributed by atoms with Crippen LogP contribution in [0.4, 0.5) is 5.69 Å². The lowest BCUT2D eigenvalue weighted by molar-refractivity contribution is 0.102. The predicted octanol–water partition coefficient (Wildman–Crippen LogP) is 1.75. The van der Waals surface area contributed by atoms with Gasteiger partial charge in [0.05, 0.1) is 0 Å². The van der Waals surface area contributed by atoms with E-state index in [0.717, 1.165) is 5.69 Å². The van der Waals surface area contributed by atoms with Gasteiger partial charge in [0.2, 0.25) is 9.97 Å². The largest absolute Gasteiger partial charge is 0.320 e. The van der Waals surface area contributed by atoms with Crippen LogP contribution in [0.15, 0.2) is 30.3 Å². The molecule has 0 aliphatic carbocycles. The number of nitrogens with one attached hydrogen (secondary N) is 1. The minimum absolute atomic E-state index is 0.240. The summed E-state index contributed by atoms with van der Waals surface area (Å²) in [6, 6.07) is 9.26. The summed E-state index contributed by atoms with van der Waals surface area (Å²) in [6.07, 6.45) is 0. The summed E-state index contributed by atoms with van der Waals surface area (Å²) in [5, 5.41) is 15.1. The lowest BCUT2D eigenvalue weighted by atomic mass is 10.3. The summed E-state index contributed by atoms with van der Waals surface area (Å²) in [5.41, 5.74) is 0.741. The van der Waals surface area contributed by atoms with Crippen molar-refractivity contribution in [3.8, 4) is 0 Å². The molecule has 18 heavy (non-hydrogen) atoms. The van der Waals surface area contributed by atoms with E-state index in [9.17, 15) is 4.79 Å². The Morgan fingerprint density at radius 1 is 1.28 bits per heavy atom. The van der Waals surface area contributed by atoms with Crippen molar-refractivity contribution in [2.24, 2.45) is 0 Å². The molecule has 0 saturated carbocycles. The number of amides is 1. The zero-order valence-electron chi connectivity index (χ0n) is 9.49. The van der Waals surface area contributed by atoms with Crippen LogP contribution in [0.1, 0.15) is 15.6 Å². The van der Waals surface area contributed by atoms with Crippen LogP contribution in [-0.4, -0.2) is 25.7 Å². The first kappa shape index (κ1) is 10.8. The Kier molecular flexibility index (Phi) is 2.52. The molecule has 0 aliphatic heterocycles. The number of carbonyl (C=O) groups is 1. The van der Waals surface area contributed by atoms with E-state index in [4.69, 9.17) is 0 Å². The molecule has 6 nitrogen and oxygen atoms in total. The summed E-state index contributed by atoms with van der Waals surface area (Å²) in [4.78, 5) is 12.6. The first-order chi connectivity index (χ1) is 8.74. The zero-order valence-corrected chi connectivity index (χ0v) is 10.3. The van der Waals surface area contributed by atoms with Crippen molar-refractivity contribution in [3.63, 3.8) is 0 Å². The number of rotatable bonds is 2. The summed E-state index contributed by atoms with van der Waals surface area (Å²) < 4.78 is 1.56.